The molecule has 0 bridgehead atoms. The molecule has 1 atom stereocenters. The first kappa shape index (κ1) is 15.7. The normalized spacial score (nSPS) is 15.9. The predicted molar refractivity (Wildman–Crippen MR) is 94.1 cm³/mol. The number of hydrogen-bond donors (Lipinski definition) is 1. The van der Waals surface area contributed by atoms with Crippen molar-refractivity contribution in [1.82, 2.24) is 20.3 Å². The van der Waals surface area contributed by atoms with Crippen LogP contribution in [-0.4, -0.2) is 27.5 Å². The molecule has 126 valence electrons. The van der Waals surface area contributed by atoms with Crippen molar-refractivity contribution in [2.24, 2.45) is 5.92 Å². The lowest BCUT2D eigenvalue weighted by Gasteiger charge is -2.24. The van der Waals surface area contributed by atoms with Gasteiger partial charge in [0, 0.05) is 17.8 Å². The van der Waals surface area contributed by atoms with Gasteiger partial charge >= 0.3 is 0 Å². The van der Waals surface area contributed by atoms with Crippen molar-refractivity contribution in [3.8, 4) is 16.5 Å². The van der Waals surface area contributed by atoms with Gasteiger partial charge in [-0.05, 0) is 18.1 Å². The fraction of sp³-hybridized carbons (Fsp3) is 0.222. The van der Waals surface area contributed by atoms with Crippen LogP contribution < -0.4 is 10.1 Å². The third-order valence-electron chi connectivity index (χ3n) is 4.03. The minimum Gasteiger partial charge on any atom is -0.492 e. The van der Waals surface area contributed by atoms with Crippen LogP contribution in [0.5, 0.6) is 5.75 Å². The topological polar surface area (TPSA) is 77.0 Å². The van der Waals surface area contributed by atoms with E-state index in [9.17, 15) is 4.79 Å². The lowest BCUT2D eigenvalue weighted by Crippen LogP contribution is -2.37. The molecule has 3 heterocycles. The Morgan fingerprint density at radius 3 is 3.12 bits per heavy atom. The minimum absolute atomic E-state index is 0.0106. The maximum Gasteiger partial charge on any atom is 0.227 e. The Bertz CT molecular complexity index is 882. The van der Waals surface area contributed by atoms with Gasteiger partial charge in [-0.1, -0.05) is 18.2 Å². The lowest BCUT2D eigenvalue weighted by atomic mass is 9.96. The minimum atomic E-state index is -0.173. The summed E-state index contributed by atoms with van der Waals surface area (Å²) in [5.74, 6) is 0.691. The van der Waals surface area contributed by atoms with Crippen LogP contribution in [-0.2, 0) is 17.8 Å². The van der Waals surface area contributed by atoms with E-state index in [2.05, 4.69) is 20.3 Å². The quantitative estimate of drug-likeness (QED) is 0.780. The molecule has 1 aromatic carbocycles. The van der Waals surface area contributed by atoms with E-state index in [0.717, 1.165) is 27.7 Å². The molecule has 1 unspecified atom stereocenters. The molecule has 1 N–H and O–H groups in total. The number of benzene rings is 1. The SMILES string of the molecule is O=C(NCc1csc(-c2cnccn2)n1)C1COc2ccccc2C1. The molecule has 1 aliphatic heterocycles. The van der Waals surface area contributed by atoms with Crippen LogP contribution in [0.1, 0.15) is 11.3 Å². The summed E-state index contributed by atoms with van der Waals surface area (Å²) in [7, 11) is 0. The first-order valence-corrected chi connectivity index (χ1v) is 8.87. The van der Waals surface area contributed by atoms with E-state index in [0.29, 0.717) is 19.6 Å². The zero-order valence-corrected chi connectivity index (χ0v) is 14.2. The summed E-state index contributed by atoms with van der Waals surface area (Å²) < 4.78 is 5.68. The first-order valence-electron chi connectivity index (χ1n) is 7.99. The van der Waals surface area contributed by atoms with Crippen LogP contribution in [0.25, 0.3) is 10.7 Å². The number of amides is 1. The molecule has 1 amide bonds. The number of carbonyl (C=O) groups is 1. The van der Waals surface area contributed by atoms with Crippen LogP contribution >= 0.6 is 11.3 Å². The Kier molecular flexibility index (Phi) is 4.39. The summed E-state index contributed by atoms with van der Waals surface area (Å²) in [5, 5.41) is 5.68. The second-order valence-corrected chi connectivity index (χ2v) is 6.63. The number of rotatable bonds is 4. The van der Waals surface area contributed by atoms with Crippen LogP contribution in [0.15, 0.2) is 48.2 Å². The molecule has 0 saturated carbocycles. The van der Waals surface area contributed by atoms with Crippen LogP contribution in [0.2, 0.25) is 0 Å². The number of hydrogen-bond acceptors (Lipinski definition) is 6. The number of thiazole rings is 1. The Labute approximate surface area is 148 Å². The molecular weight excluding hydrogens is 336 g/mol. The highest BCUT2D eigenvalue weighted by Gasteiger charge is 2.25. The molecule has 0 aliphatic carbocycles. The molecule has 0 saturated heterocycles. The highest BCUT2D eigenvalue weighted by atomic mass is 32.1. The molecule has 6 nitrogen and oxygen atoms in total. The number of para-hydroxylation sites is 1. The number of aromatic nitrogens is 3. The number of carbonyl (C=O) groups excluding carboxylic acids is 1. The third-order valence-corrected chi connectivity index (χ3v) is 4.94. The van der Waals surface area contributed by atoms with E-state index in [1.54, 1.807) is 18.6 Å². The largest absolute Gasteiger partial charge is 0.492 e. The zero-order valence-electron chi connectivity index (χ0n) is 13.4. The molecule has 0 radical (unpaired) electrons. The van der Waals surface area contributed by atoms with Gasteiger partial charge in [0.1, 0.15) is 23.1 Å². The maximum absolute atomic E-state index is 12.4. The number of nitrogens with one attached hydrogen (secondary N) is 1. The van der Waals surface area contributed by atoms with Gasteiger partial charge < -0.3 is 10.1 Å². The van der Waals surface area contributed by atoms with Crippen molar-refractivity contribution in [2.75, 3.05) is 6.61 Å². The second-order valence-electron chi connectivity index (χ2n) is 5.77. The smallest absolute Gasteiger partial charge is 0.227 e. The standard InChI is InChI=1S/C18H16N4O2S/c23-17(13-7-12-3-1-2-4-16(12)24-10-13)21-8-14-11-25-18(22-14)15-9-19-5-6-20-15/h1-6,9,11,13H,7-8,10H2,(H,21,23). The number of fused-ring (bicyclic) bond motifs is 1. The zero-order chi connectivity index (χ0) is 17.1. The van der Waals surface area contributed by atoms with Gasteiger partial charge in [-0.3, -0.25) is 14.8 Å². The molecule has 0 fully saturated rings. The van der Waals surface area contributed by atoms with Crippen molar-refractivity contribution in [3.05, 3.63) is 59.5 Å². The molecule has 7 heteroatoms. The van der Waals surface area contributed by atoms with Crippen LogP contribution in [0.3, 0.4) is 0 Å². The fourth-order valence-electron chi connectivity index (χ4n) is 2.73. The average Bonchev–Trinajstić information content (AvgIpc) is 3.15. The monoisotopic (exact) mass is 352 g/mol. The fourth-order valence-corrected chi connectivity index (χ4v) is 3.51. The summed E-state index contributed by atoms with van der Waals surface area (Å²) in [4.78, 5) is 25.2. The predicted octanol–water partition coefficient (Wildman–Crippen LogP) is 2.47. The van der Waals surface area contributed by atoms with Gasteiger partial charge in [-0.2, -0.15) is 0 Å². The Morgan fingerprint density at radius 2 is 2.24 bits per heavy atom. The van der Waals surface area contributed by atoms with Gasteiger partial charge in [0.2, 0.25) is 5.91 Å². The van der Waals surface area contributed by atoms with Gasteiger partial charge in [0.25, 0.3) is 0 Å². The first-order chi connectivity index (χ1) is 12.3. The van der Waals surface area contributed by atoms with Crippen LogP contribution in [0, 0.1) is 5.92 Å². The van der Waals surface area contributed by atoms with Gasteiger partial charge in [-0.15, -0.1) is 11.3 Å². The average molecular weight is 352 g/mol. The highest BCUT2D eigenvalue weighted by molar-refractivity contribution is 7.13. The summed E-state index contributed by atoms with van der Waals surface area (Å²) in [5.41, 5.74) is 2.63. The summed E-state index contributed by atoms with van der Waals surface area (Å²) in [6, 6.07) is 7.84. The van der Waals surface area contributed by atoms with Gasteiger partial charge in [0.05, 0.1) is 24.4 Å². The number of nitrogens with zero attached hydrogens (tertiary/aromatic N) is 3. The maximum atomic E-state index is 12.4. The molecule has 1 aliphatic rings. The molecule has 3 aromatic rings. The van der Waals surface area contributed by atoms with Gasteiger partial charge in [-0.25, -0.2) is 4.98 Å². The molecule has 4 rings (SSSR count). The van der Waals surface area contributed by atoms with E-state index in [1.165, 1.54) is 11.3 Å². The van der Waals surface area contributed by atoms with E-state index in [1.807, 2.05) is 29.6 Å². The summed E-state index contributed by atoms with van der Waals surface area (Å²) in [6.07, 6.45) is 5.64. The molecular formula is C18H16N4O2S. The van der Waals surface area contributed by atoms with E-state index in [4.69, 9.17) is 4.74 Å². The third kappa shape index (κ3) is 3.51. The summed E-state index contributed by atoms with van der Waals surface area (Å²) in [6.45, 7) is 0.804. The molecule has 25 heavy (non-hydrogen) atoms. The molecule has 0 spiro atoms. The van der Waals surface area contributed by atoms with Crippen LogP contribution in [0.4, 0.5) is 0 Å². The lowest BCUT2D eigenvalue weighted by molar-refractivity contribution is -0.126. The second kappa shape index (κ2) is 6.98. The Balaban J connectivity index is 1.36. The Hall–Kier alpha value is -2.80. The van der Waals surface area contributed by atoms with Crippen molar-refractivity contribution in [1.29, 1.82) is 0 Å². The summed E-state index contributed by atoms with van der Waals surface area (Å²) >= 11 is 1.49. The van der Waals surface area contributed by atoms with Crippen molar-refractivity contribution in [3.63, 3.8) is 0 Å². The van der Waals surface area contributed by atoms with Crippen molar-refractivity contribution < 1.29 is 9.53 Å². The molecule has 2 aromatic heterocycles. The van der Waals surface area contributed by atoms with Gasteiger partial charge in [0.15, 0.2) is 0 Å². The Morgan fingerprint density at radius 1 is 1.32 bits per heavy atom. The van der Waals surface area contributed by atoms with E-state index >= 15 is 0 Å². The highest BCUT2D eigenvalue weighted by Crippen LogP contribution is 2.27. The van der Waals surface area contributed by atoms with Crippen molar-refractivity contribution in [2.45, 2.75) is 13.0 Å². The van der Waals surface area contributed by atoms with E-state index < -0.39 is 0 Å². The van der Waals surface area contributed by atoms with Crippen molar-refractivity contribution >= 4 is 17.2 Å². The van der Waals surface area contributed by atoms with E-state index in [-0.39, 0.29) is 11.8 Å². The number of ether oxygens (including phenoxy) is 1.